The van der Waals surface area contributed by atoms with Crippen LogP contribution < -0.4 is 0 Å². The van der Waals surface area contributed by atoms with Crippen LogP contribution in [0.4, 0.5) is 0 Å². The molecule has 1 heterocycles. The van der Waals surface area contributed by atoms with Crippen molar-refractivity contribution in [2.24, 2.45) is 0 Å². The van der Waals surface area contributed by atoms with E-state index >= 15 is 0 Å². The maximum absolute atomic E-state index is 13.2. The zero-order chi connectivity index (χ0) is 18.8. The van der Waals surface area contributed by atoms with Gasteiger partial charge in [-0.25, -0.2) is 4.98 Å². The number of carbonyl (C=O) groups is 1. The third-order valence-corrected chi connectivity index (χ3v) is 4.98. The normalized spacial score (nSPS) is 11.7. The van der Waals surface area contributed by atoms with E-state index in [-0.39, 0.29) is 5.78 Å². The largest absolute Gasteiger partial charge is 0.436 e. The Kier molecular flexibility index (Phi) is 4.90. The molecule has 4 aromatic rings. The van der Waals surface area contributed by atoms with Gasteiger partial charge in [-0.2, -0.15) is 0 Å². The van der Waals surface area contributed by atoms with Crippen LogP contribution in [-0.2, 0) is 0 Å². The first-order valence-electron chi connectivity index (χ1n) is 8.55. The Labute approximate surface area is 170 Å². The van der Waals surface area contributed by atoms with E-state index in [0.29, 0.717) is 22.6 Å². The summed E-state index contributed by atoms with van der Waals surface area (Å²) in [5.74, 6) is 0.223. The molecule has 0 spiro atoms. The first-order valence-corrected chi connectivity index (χ1v) is 9.62. The Morgan fingerprint density at radius 3 is 2.37 bits per heavy atom. The van der Waals surface area contributed by atoms with Gasteiger partial charge in [0.1, 0.15) is 5.52 Å². The molecule has 3 aromatic carbocycles. The van der Waals surface area contributed by atoms with E-state index in [4.69, 9.17) is 4.42 Å². The van der Waals surface area contributed by atoms with Gasteiger partial charge in [0, 0.05) is 9.13 Å². The molecule has 0 fully saturated rings. The van der Waals surface area contributed by atoms with Crippen LogP contribution in [0.15, 0.2) is 77.2 Å². The van der Waals surface area contributed by atoms with Gasteiger partial charge < -0.3 is 4.42 Å². The average molecular weight is 465 g/mol. The summed E-state index contributed by atoms with van der Waals surface area (Å²) in [6, 6.07) is 23.0. The molecule has 27 heavy (non-hydrogen) atoms. The summed E-state index contributed by atoms with van der Waals surface area (Å²) in [4.78, 5) is 17.8. The highest BCUT2D eigenvalue weighted by molar-refractivity contribution is 14.1. The number of aryl methyl sites for hydroxylation is 1. The van der Waals surface area contributed by atoms with E-state index < -0.39 is 0 Å². The van der Waals surface area contributed by atoms with Crippen LogP contribution in [0, 0.1) is 10.5 Å². The highest BCUT2D eigenvalue weighted by atomic mass is 127. The van der Waals surface area contributed by atoms with Crippen LogP contribution in [0.5, 0.6) is 0 Å². The molecular formula is C23H16INO2. The molecule has 0 bridgehead atoms. The fourth-order valence-electron chi connectivity index (χ4n) is 2.80. The number of rotatable bonds is 4. The lowest BCUT2D eigenvalue weighted by molar-refractivity contribution is 0.105. The van der Waals surface area contributed by atoms with Crippen LogP contribution in [-0.4, -0.2) is 10.8 Å². The molecule has 4 rings (SSSR count). The number of oxazole rings is 1. The second-order valence-electron chi connectivity index (χ2n) is 6.29. The summed E-state index contributed by atoms with van der Waals surface area (Å²) >= 11 is 2.26. The molecule has 0 saturated heterocycles. The van der Waals surface area contributed by atoms with E-state index in [1.807, 2.05) is 85.8 Å². The summed E-state index contributed by atoms with van der Waals surface area (Å²) in [6.07, 6.45) is 1.84. The average Bonchev–Trinajstić information content (AvgIpc) is 3.11. The monoisotopic (exact) mass is 465 g/mol. The summed E-state index contributed by atoms with van der Waals surface area (Å²) in [7, 11) is 0. The molecule has 0 aliphatic rings. The Morgan fingerprint density at radius 2 is 1.67 bits per heavy atom. The van der Waals surface area contributed by atoms with E-state index in [1.165, 1.54) is 0 Å². The lowest BCUT2D eigenvalue weighted by atomic mass is 10.00. The number of carbonyl (C=O) groups excluding carboxylic acids is 1. The summed E-state index contributed by atoms with van der Waals surface area (Å²) < 4.78 is 7.03. The lowest BCUT2D eigenvalue weighted by Crippen LogP contribution is -2.03. The second-order valence-corrected chi connectivity index (χ2v) is 7.54. The van der Waals surface area contributed by atoms with Gasteiger partial charge in [0.15, 0.2) is 11.4 Å². The third kappa shape index (κ3) is 3.85. The van der Waals surface area contributed by atoms with Gasteiger partial charge in [-0.3, -0.25) is 4.79 Å². The van der Waals surface area contributed by atoms with Gasteiger partial charge >= 0.3 is 0 Å². The van der Waals surface area contributed by atoms with E-state index in [9.17, 15) is 4.79 Å². The molecule has 0 N–H and O–H groups in total. The van der Waals surface area contributed by atoms with Crippen LogP contribution in [0.3, 0.4) is 0 Å². The zero-order valence-electron chi connectivity index (χ0n) is 14.6. The number of fused-ring (bicyclic) bond motifs is 1. The molecule has 0 aliphatic heterocycles. The van der Waals surface area contributed by atoms with E-state index in [2.05, 4.69) is 27.6 Å². The Morgan fingerprint density at radius 1 is 0.963 bits per heavy atom. The van der Waals surface area contributed by atoms with Crippen molar-refractivity contribution in [1.29, 1.82) is 0 Å². The van der Waals surface area contributed by atoms with Crippen molar-refractivity contribution in [1.82, 2.24) is 4.98 Å². The third-order valence-electron chi connectivity index (χ3n) is 4.26. The molecule has 0 saturated carbocycles. The molecule has 132 valence electrons. The fraction of sp³-hybridized carbons (Fsp3) is 0.0435. The van der Waals surface area contributed by atoms with Crippen LogP contribution in [0.2, 0.25) is 0 Å². The van der Waals surface area contributed by atoms with Crippen LogP contribution in [0.1, 0.15) is 27.4 Å². The molecule has 0 aliphatic carbocycles. The molecule has 0 unspecified atom stereocenters. The maximum atomic E-state index is 13.2. The van der Waals surface area contributed by atoms with Gasteiger partial charge in [0.2, 0.25) is 5.89 Å². The van der Waals surface area contributed by atoms with Crippen LogP contribution in [0.25, 0.3) is 22.7 Å². The number of ketones is 1. The second kappa shape index (κ2) is 7.48. The minimum absolute atomic E-state index is 0.111. The molecule has 0 radical (unpaired) electrons. The predicted octanol–water partition coefficient (Wildman–Crippen LogP) is 6.16. The van der Waals surface area contributed by atoms with E-state index in [0.717, 1.165) is 20.2 Å². The number of nitrogens with zero attached hydrogens (tertiary/aromatic N) is 1. The highest BCUT2D eigenvalue weighted by Crippen LogP contribution is 2.26. The first kappa shape index (κ1) is 17.7. The highest BCUT2D eigenvalue weighted by Gasteiger charge is 2.20. The number of benzene rings is 3. The Balaban J connectivity index is 1.84. The predicted molar refractivity (Wildman–Crippen MR) is 117 cm³/mol. The minimum Gasteiger partial charge on any atom is -0.436 e. The first-order chi connectivity index (χ1) is 13.1. The SMILES string of the molecule is Cc1ccc(C(=O)C(=Cc2ccc(I)cc2)c2nc3ccccc3o2)cc1. The van der Waals surface area contributed by atoms with Crippen LogP contribution >= 0.6 is 22.6 Å². The maximum Gasteiger partial charge on any atom is 0.231 e. The quantitative estimate of drug-likeness (QED) is 0.206. The Bertz CT molecular complexity index is 1110. The molecule has 0 atom stereocenters. The number of para-hydroxylation sites is 2. The Hall–Kier alpha value is -2.73. The molecule has 3 nitrogen and oxygen atoms in total. The number of halogens is 1. The standard InChI is InChI=1S/C23H16INO2/c1-15-6-10-17(11-7-15)22(26)19(14-16-8-12-18(24)13-9-16)23-25-20-4-2-3-5-21(20)27-23/h2-14H,1H3. The smallest absolute Gasteiger partial charge is 0.231 e. The van der Waals surface area contributed by atoms with Crippen molar-refractivity contribution < 1.29 is 9.21 Å². The van der Waals surface area contributed by atoms with Gasteiger partial charge in [-0.15, -0.1) is 0 Å². The number of aromatic nitrogens is 1. The molecule has 1 aromatic heterocycles. The zero-order valence-corrected chi connectivity index (χ0v) is 16.8. The van der Waals surface area contributed by atoms with Crippen molar-refractivity contribution in [2.75, 3.05) is 0 Å². The number of hydrogen-bond acceptors (Lipinski definition) is 3. The summed E-state index contributed by atoms with van der Waals surface area (Å²) in [5, 5.41) is 0. The molecule has 4 heteroatoms. The van der Waals surface area contributed by atoms with Gasteiger partial charge in [-0.05, 0) is 65.4 Å². The number of hydrogen-bond donors (Lipinski definition) is 0. The summed E-state index contributed by atoms with van der Waals surface area (Å²) in [5.41, 5.74) is 4.48. The summed E-state index contributed by atoms with van der Waals surface area (Å²) in [6.45, 7) is 2.00. The minimum atomic E-state index is -0.111. The van der Waals surface area contributed by atoms with Crippen molar-refractivity contribution in [2.45, 2.75) is 6.92 Å². The molecule has 0 amide bonds. The number of allylic oxidation sites excluding steroid dienone is 1. The topological polar surface area (TPSA) is 43.1 Å². The van der Waals surface area contributed by atoms with Crippen molar-refractivity contribution >= 4 is 51.1 Å². The number of Topliss-reactive ketones (excluding diaryl/α,β-unsaturated/α-hetero) is 1. The van der Waals surface area contributed by atoms with Gasteiger partial charge in [0.25, 0.3) is 0 Å². The van der Waals surface area contributed by atoms with Crippen molar-refractivity contribution in [3.8, 4) is 0 Å². The molecular weight excluding hydrogens is 449 g/mol. The van der Waals surface area contributed by atoms with Crippen molar-refractivity contribution in [3.05, 3.63) is 98.9 Å². The van der Waals surface area contributed by atoms with Gasteiger partial charge in [0.05, 0.1) is 5.57 Å². The van der Waals surface area contributed by atoms with E-state index in [1.54, 1.807) is 0 Å². The lowest BCUT2D eigenvalue weighted by Gasteiger charge is -2.05. The fourth-order valence-corrected chi connectivity index (χ4v) is 3.16. The van der Waals surface area contributed by atoms with Gasteiger partial charge in [-0.1, -0.05) is 54.1 Å². The van der Waals surface area contributed by atoms with Crippen molar-refractivity contribution in [3.63, 3.8) is 0 Å².